The Morgan fingerprint density at radius 3 is 2.42 bits per heavy atom. The van der Waals surface area contributed by atoms with Gasteiger partial charge < -0.3 is 16.2 Å². The van der Waals surface area contributed by atoms with Gasteiger partial charge in [-0.1, -0.05) is 36.1 Å². The maximum Gasteiger partial charge on any atom is 0.326 e. The van der Waals surface area contributed by atoms with Crippen LogP contribution in [0.15, 0.2) is 29.2 Å². The van der Waals surface area contributed by atoms with Crippen molar-refractivity contribution in [3.63, 3.8) is 0 Å². The number of thiocarbonyl (C=S) groups is 1. The van der Waals surface area contributed by atoms with Gasteiger partial charge in [0.05, 0.1) is 11.3 Å². The Hall–Kier alpha value is -2.72. The minimum Gasteiger partial charge on any atom is -0.480 e. The highest BCUT2D eigenvalue weighted by molar-refractivity contribution is 8.26. The predicted molar refractivity (Wildman–Crippen MR) is 100 cm³/mol. The van der Waals surface area contributed by atoms with E-state index in [0.29, 0.717) is 14.8 Å². The van der Waals surface area contributed by atoms with Gasteiger partial charge in [0, 0.05) is 12.6 Å². The number of rotatable bonds is 6. The third kappa shape index (κ3) is 4.67. The number of hydrogen-bond acceptors (Lipinski definition) is 6. The van der Waals surface area contributed by atoms with Crippen molar-refractivity contribution in [1.82, 2.24) is 10.2 Å². The number of carbonyl (C=O) groups is 4. The number of nitrogens with zero attached hydrogens (tertiary/aromatic N) is 1. The van der Waals surface area contributed by atoms with Crippen molar-refractivity contribution >= 4 is 58.1 Å². The summed E-state index contributed by atoms with van der Waals surface area (Å²) < 4.78 is 0.464. The molecule has 4 N–H and O–H groups in total. The fourth-order valence-electron chi connectivity index (χ4n) is 2.07. The van der Waals surface area contributed by atoms with Crippen LogP contribution < -0.4 is 11.1 Å². The van der Waals surface area contributed by atoms with E-state index < -0.39 is 30.2 Å². The van der Waals surface area contributed by atoms with Crippen molar-refractivity contribution in [1.29, 1.82) is 0 Å². The van der Waals surface area contributed by atoms with Crippen molar-refractivity contribution in [3.8, 4) is 0 Å². The number of likely N-dealkylation sites (N-methyl/N-ethyl adjacent to an activating group) is 1. The number of hydrogen-bond donors (Lipinski definition) is 3. The van der Waals surface area contributed by atoms with Crippen LogP contribution in [0.4, 0.5) is 0 Å². The monoisotopic (exact) mass is 393 g/mol. The van der Waals surface area contributed by atoms with Crippen molar-refractivity contribution in [2.24, 2.45) is 5.73 Å². The molecule has 1 saturated heterocycles. The summed E-state index contributed by atoms with van der Waals surface area (Å²) in [6.45, 7) is 0. The summed E-state index contributed by atoms with van der Waals surface area (Å²) in [5.41, 5.74) is 5.86. The van der Waals surface area contributed by atoms with E-state index in [4.69, 9.17) is 23.1 Å². The highest BCUT2D eigenvalue weighted by Gasteiger charge is 2.28. The lowest BCUT2D eigenvalue weighted by atomic mass is 10.1. The molecule has 0 aliphatic carbocycles. The molecule has 0 radical (unpaired) electrons. The molecule has 1 aromatic carbocycles. The molecule has 0 bridgehead atoms. The fraction of sp³-hybridized carbons (Fsp3) is 0.188. The first-order valence-corrected chi connectivity index (χ1v) is 8.55. The Bertz CT molecular complexity index is 820. The summed E-state index contributed by atoms with van der Waals surface area (Å²) >= 11 is 6.24. The van der Waals surface area contributed by atoms with E-state index in [1.165, 1.54) is 28.8 Å². The van der Waals surface area contributed by atoms with Crippen molar-refractivity contribution in [3.05, 3.63) is 40.3 Å². The van der Waals surface area contributed by atoms with Crippen LogP contribution in [0, 0.1) is 0 Å². The van der Waals surface area contributed by atoms with E-state index in [0.717, 1.165) is 0 Å². The molecule has 0 saturated carbocycles. The zero-order chi connectivity index (χ0) is 19.4. The van der Waals surface area contributed by atoms with Crippen molar-refractivity contribution in [2.45, 2.75) is 12.5 Å². The predicted octanol–water partition coefficient (Wildman–Crippen LogP) is 0.576. The molecule has 1 atom stereocenters. The molecular formula is C16H15N3O5S2. The molecule has 8 nitrogen and oxygen atoms in total. The summed E-state index contributed by atoms with van der Waals surface area (Å²) in [5.74, 6) is -3.03. The van der Waals surface area contributed by atoms with Crippen LogP contribution in [-0.4, -0.2) is 51.1 Å². The van der Waals surface area contributed by atoms with Gasteiger partial charge in [-0.2, -0.15) is 0 Å². The summed E-state index contributed by atoms with van der Waals surface area (Å²) in [5, 5.41) is 11.2. The Morgan fingerprint density at radius 1 is 1.35 bits per heavy atom. The lowest BCUT2D eigenvalue weighted by Crippen LogP contribution is -2.43. The summed E-state index contributed by atoms with van der Waals surface area (Å²) in [4.78, 5) is 47.8. The van der Waals surface area contributed by atoms with Crippen LogP contribution in [-0.2, 0) is 14.4 Å². The number of benzene rings is 1. The lowest BCUT2D eigenvalue weighted by molar-refractivity contribution is -0.140. The number of thioether (sulfide) groups is 1. The smallest absolute Gasteiger partial charge is 0.326 e. The van der Waals surface area contributed by atoms with Gasteiger partial charge in [0.15, 0.2) is 0 Å². The first-order valence-electron chi connectivity index (χ1n) is 7.32. The number of carboxylic acid groups (broad SMARTS) is 1. The van der Waals surface area contributed by atoms with Gasteiger partial charge in [-0.3, -0.25) is 19.3 Å². The van der Waals surface area contributed by atoms with Crippen LogP contribution in [0.25, 0.3) is 6.08 Å². The van der Waals surface area contributed by atoms with Crippen molar-refractivity contribution in [2.75, 3.05) is 7.05 Å². The second-order valence-corrected chi connectivity index (χ2v) is 7.07. The molecule has 1 heterocycles. The summed E-state index contributed by atoms with van der Waals surface area (Å²) in [7, 11) is 1.59. The van der Waals surface area contributed by atoms with Crippen molar-refractivity contribution < 1.29 is 24.3 Å². The highest BCUT2D eigenvalue weighted by Crippen LogP contribution is 2.31. The molecule has 0 unspecified atom stereocenters. The van der Waals surface area contributed by atoms with E-state index in [2.05, 4.69) is 5.32 Å². The first kappa shape index (κ1) is 19.6. The summed E-state index contributed by atoms with van der Waals surface area (Å²) in [6.07, 6.45) is 1.15. The summed E-state index contributed by atoms with van der Waals surface area (Å²) in [6, 6.07) is 4.79. The zero-order valence-electron chi connectivity index (χ0n) is 13.6. The van der Waals surface area contributed by atoms with Gasteiger partial charge in [0.1, 0.15) is 10.4 Å². The molecule has 0 spiro atoms. The van der Waals surface area contributed by atoms with Crippen LogP contribution in [0.5, 0.6) is 0 Å². The van der Waals surface area contributed by atoms with E-state index in [9.17, 15) is 19.2 Å². The Balaban J connectivity index is 2.10. The number of carboxylic acids is 1. The third-order valence-corrected chi connectivity index (χ3v) is 4.95. The van der Waals surface area contributed by atoms with E-state index in [-0.39, 0.29) is 11.5 Å². The van der Waals surface area contributed by atoms with Crippen LogP contribution >= 0.6 is 24.0 Å². The minimum atomic E-state index is -1.40. The fourth-order valence-corrected chi connectivity index (χ4v) is 3.25. The molecular weight excluding hydrogens is 378 g/mol. The molecule has 3 amide bonds. The second kappa shape index (κ2) is 8.11. The Morgan fingerprint density at radius 2 is 1.96 bits per heavy atom. The third-order valence-electron chi connectivity index (χ3n) is 3.47. The zero-order valence-corrected chi connectivity index (χ0v) is 15.2. The van der Waals surface area contributed by atoms with Gasteiger partial charge in [-0.15, -0.1) is 0 Å². The second-order valence-electron chi connectivity index (χ2n) is 5.40. The SMILES string of the molecule is CN1C(=O)/C(=C\c2ccc(C(=O)N[C@H](CC(N)=O)C(=O)O)cc2)SC1=S. The minimum absolute atomic E-state index is 0.197. The molecule has 10 heteroatoms. The normalized spacial score (nSPS) is 16.7. The number of amides is 3. The van der Waals surface area contributed by atoms with Gasteiger partial charge in [-0.25, -0.2) is 4.79 Å². The molecule has 0 aromatic heterocycles. The Labute approximate surface area is 158 Å². The van der Waals surface area contributed by atoms with E-state index >= 15 is 0 Å². The average molecular weight is 393 g/mol. The first-order chi connectivity index (χ1) is 12.2. The quantitative estimate of drug-likeness (QED) is 0.476. The average Bonchev–Trinajstić information content (AvgIpc) is 2.81. The van der Waals surface area contributed by atoms with Gasteiger partial charge in [0.2, 0.25) is 5.91 Å². The van der Waals surface area contributed by atoms with Gasteiger partial charge in [0.25, 0.3) is 11.8 Å². The number of aliphatic carboxylic acids is 1. The molecule has 2 rings (SSSR count). The number of nitrogens with one attached hydrogen (secondary N) is 1. The maximum absolute atomic E-state index is 12.1. The van der Waals surface area contributed by atoms with E-state index in [1.54, 1.807) is 25.3 Å². The molecule has 1 aromatic rings. The molecule has 1 aliphatic heterocycles. The Kier molecular flexibility index (Phi) is 6.11. The van der Waals surface area contributed by atoms with Crippen LogP contribution in [0.1, 0.15) is 22.3 Å². The highest BCUT2D eigenvalue weighted by atomic mass is 32.2. The van der Waals surface area contributed by atoms with Crippen LogP contribution in [0.3, 0.4) is 0 Å². The number of nitrogens with two attached hydrogens (primary N) is 1. The standard InChI is InChI=1S/C16H15N3O5S2/c1-19-14(22)11(26-16(19)25)6-8-2-4-9(5-3-8)13(21)18-10(15(23)24)7-12(17)20/h2-6,10H,7H2,1H3,(H2,17,20)(H,18,21)(H,23,24)/b11-6+/t10-/m1/s1. The lowest BCUT2D eigenvalue weighted by Gasteiger charge is -2.12. The van der Waals surface area contributed by atoms with E-state index in [1.807, 2.05) is 0 Å². The van der Waals surface area contributed by atoms with Crippen LogP contribution in [0.2, 0.25) is 0 Å². The molecule has 1 aliphatic rings. The topological polar surface area (TPSA) is 130 Å². The van der Waals surface area contributed by atoms with Gasteiger partial charge >= 0.3 is 5.97 Å². The number of carbonyl (C=O) groups excluding carboxylic acids is 3. The molecule has 26 heavy (non-hydrogen) atoms. The van der Waals surface area contributed by atoms with Gasteiger partial charge in [-0.05, 0) is 23.8 Å². The number of primary amides is 1. The maximum atomic E-state index is 12.1. The molecule has 1 fully saturated rings. The molecule has 136 valence electrons. The largest absolute Gasteiger partial charge is 0.480 e.